The predicted molar refractivity (Wildman–Crippen MR) is 96.0 cm³/mol. The summed E-state index contributed by atoms with van der Waals surface area (Å²) in [6, 6.07) is 16.6. The van der Waals surface area contributed by atoms with Crippen LogP contribution in [0, 0.1) is 37.5 Å². The van der Waals surface area contributed by atoms with Crippen molar-refractivity contribution in [2.75, 3.05) is 0 Å². The van der Waals surface area contributed by atoms with Crippen molar-refractivity contribution in [1.82, 2.24) is 0 Å². The minimum absolute atomic E-state index is 1.15. The smallest absolute Gasteiger partial charge is 0.0102 e. The van der Waals surface area contributed by atoms with E-state index >= 15 is 0 Å². The zero-order chi connectivity index (χ0) is 15.6. The fraction of sp³-hybridized carbons (Fsp3) is 0.0909. The van der Waals surface area contributed by atoms with Crippen LogP contribution in [0.1, 0.15) is 22.3 Å². The van der Waals surface area contributed by atoms with Crippen molar-refractivity contribution in [3.8, 4) is 23.7 Å². The third kappa shape index (κ3) is 5.58. The number of benzene rings is 2. The van der Waals surface area contributed by atoms with Crippen LogP contribution in [0.15, 0.2) is 60.7 Å². The van der Waals surface area contributed by atoms with E-state index in [2.05, 4.69) is 86.1 Å². The number of allylic oxidation sites excluding steroid dienone is 2. The van der Waals surface area contributed by atoms with Gasteiger partial charge in [0.25, 0.3) is 0 Å². The topological polar surface area (TPSA) is 0 Å². The fourth-order valence-corrected chi connectivity index (χ4v) is 1.79. The van der Waals surface area contributed by atoms with Crippen molar-refractivity contribution >= 4 is 12.2 Å². The average Bonchev–Trinajstić information content (AvgIpc) is 2.53. The third-order valence-corrected chi connectivity index (χ3v) is 3.08. The van der Waals surface area contributed by atoms with Crippen LogP contribution in [0.5, 0.6) is 0 Å². The van der Waals surface area contributed by atoms with Gasteiger partial charge >= 0.3 is 0 Å². The molecule has 0 amide bonds. The van der Waals surface area contributed by atoms with Crippen LogP contribution in [-0.2, 0) is 0 Å². The van der Waals surface area contributed by atoms with Crippen LogP contribution in [-0.4, -0.2) is 0 Å². The molecule has 106 valence electrons. The highest BCUT2D eigenvalue weighted by Crippen LogP contribution is 2.05. The van der Waals surface area contributed by atoms with Gasteiger partial charge in [-0.3, -0.25) is 0 Å². The molecule has 0 heteroatoms. The van der Waals surface area contributed by atoms with Crippen LogP contribution in [0.2, 0.25) is 0 Å². The Morgan fingerprint density at radius 3 is 1.32 bits per heavy atom. The molecule has 0 unspecified atom stereocenters. The highest BCUT2D eigenvalue weighted by Gasteiger charge is 1.85. The minimum atomic E-state index is 1.15. The molecule has 0 saturated heterocycles. The summed E-state index contributed by atoms with van der Waals surface area (Å²) in [5.41, 5.74) is 4.81. The first-order chi connectivity index (χ1) is 10.7. The molecule has 0 fully saturated rings. The lowest BCUT2D eigenvalue weighted by atomic mass is 10.1. The van der Waals surface area contributed by atoms with E-state index < -0.39 is 0 Å². The van der Waals surface area contributed by atoms with E-state index in [1.165, 1.54) is 11.1 Å². The second kappa shape index (κ2) is 8.35. The van der Waals surface area contributed by atoms with E-state index in [1.54, 1.807) is 0 Å². The summed E-state index contributed by atoms with van der Waals surface area (Å²) in [4.78, 5) is 0. The van der Waals surface area contributed by atoms with Gasteiger partial charge in [0.2, 0.25) is 0 Å². The fourth-order valence-electron chi connectivity index (χ4n) is 1.79. The molecule has 2 rings (SSSR count). The van der Waals surface area contributed by atoms with Crippen molar-refractivity contribution in [2.24, 2.45) is 0 Å². The van der Waals surface area contributed by atoms with E-state index in [4.69, 9.17) is 0 Å². The third-order valence-electron chi connectivity index (χ3n) is 3.08. The van der Waals surface area contributed by atoms with Crippen molar-refractivity contribution in [1.29, 1.82) is 0 Å². The molecular formula is C22H18. The van der Waals surface area contributed by atoms with Crippen LogP contribution in [0.25, 0.3) is 12.2 Å². The van der Waals surface area contributed by atoms with E-state index in [1.807, 2.05) is 24.3 Å². The summed E-state index contributed by atoms with van der Waals surface area (Å²) in [7, 11) is 0. The largest absolute Gasteiger partial charge is 0.0608 e. The Morgan fingerprint density at radius 1 is 0.591 bits per heavy atom. The zero-order valence-electron chi connectivity index (χ0n) is 12.9. The van der Waals surface area contributed by atoms with Gasteiger partial charge in [0.05, 0.1) is 0 Å². The molecular weight excluding hydrogens is 264 g/mol. The quantitative estimate of drug-likeness (QED) is 0.677. The molecule has 2 aromatic carbocycles. The highest BCUT2D eigenvalue weighted by atomic mass is 13.9. The Morgan fingerprint density at radius 2 is 0.955 bits per heavy atom. The molecule has 2 aromatic rings. The minimum Gasteiger partial charge on any atom is -0.0608 e. The van der Waals surface area contributed by atoms with E-state index in [-0.39, 0.29) is 0 Å². The first-order valence-corrected chi connectivity index (χ1v) is 7.21. The summed E-state index contributed by atoms with van der Waals surface area (Å²) in [5, 5.41) is 0. The standard InChI is InChI=1S/C22H18/c1-19-11-15-21(16-12-19)9-7-5-3-4-6-8-10-22-17-13-20(2)14-18-22/h7-18H,1-2H3/b9-7+,10-8+. The number of hydrogen-bond acceptors (Lipinski definition) is 0. The Kier molecular flexibility index (Phi) is 5.86. The van der Waals surface area contributed by atoms with Crippen LogP contribution < -0.4 is 0 Å². The predicted octanol–water partition coefficient (Wildman–Crippen LogP) is 5.04. The van der Waals surface area contributed by atoms with Crippen molar-refractivity contribution in [2.45, 2.75) is 13.8 Å². The molecule has 0 aromatic heterocycles. The van der Waals surface area contributed by atoms with Gasteiger partial charge in [0.15, 0.2) is 0 Å². The van der Waals surface area contributed by atoms with Gasteiger partial charge in [-0.1, -0.05) is 71.5 Å². The second-order valence-electron chi connectivity index (χ2n) is 5.03. The van der Waals surface area contributed by atoms with Gasteiger partial charge in [-0.2, -0.15) is 0 Å². The van der Waals surface area contributed by atoms with Gasteiger partial charge in [-0.15, -0.1) is 0 Å². The summed E-state index contributed by atoms with van der Waals surface area (Å²) in [5.74, 6) is 11.5. The SMILES string of the molecule is Cc1ccc(/C=C/C#CC#C/C=C/c2ccc(C)cc2)cc1. The molecule has 0 heterocycles. The lowest BCUT2D eigenvalue weighted by Crippen LogP contribution is -1.72. The molecule has 0 aliphatic carbocycles. The normalized spacial score (nSPS) is 10.1. The molecule has 0 atom stereocenters. The zero-order valence-corrected chi connectivity index (χ0v) is 12.9. The van der Waals surface area contributed by atoms with E-state index in [9.17, 15) is 0 Å². The lowest BCUT2D eigenvalue weighted by molar-refractivity contribution is 1.46. The maximum atomic E-state index is 2.92. The second-order valence-corrected chi connectivity index (χ2v) is 5.03. The summed E-state index contributed by atoms with van der Waals surface area (Å²) in [6.45, 7) is 4.15. The van der Waals surface area contributed by atoms with Gasteiger partial charge in [-0.25, -0.2) is 0 Å². The first-order valence-electron chi connectivity index (χ1n) is 7.21. The van der Waals surface area contributed by atoms with Gasteiger partial charge < -0.3 is 0 Å². The molecule has 0 saturated carbocycles. The monoisotopic (exact) mass is 282 g/mol. The number of rotatable bonds is 2. The molecule has 0 N–H and O–H groups in total. The summed E-state index contributed by atoms with van der Waals surface area (Å²) < 4.78 is 0. The molecule has 0 radical (unpaired) electrons. The van der Waals surface area contributed by atoms with E-state index in [0.717, 1.165) is 11.1 Å². The molecule has 0 aliphatic rings. The molecule has 22 heavy (non-hydrogen) atoms. The molecule has 0 spiro atoms. The van der Waals surface area contributed by atoms with Crippen LogP contribution in [0.3, 0.4) is 0 Å². The van der Waals surface area contributed by atoms with E-state index in [0.29, 0.717) is 0 Å². The number of aryl methyl sites for hydroxylation is 2. The molecule has 0 aliphatic heterocycles. The average molecular weight is 282 g/mol. The lowest BCUT2D eigenvalue weighted by Gasteiger charge is -1.92. The Balaban J connectivity index is 1.86. The highest BCUT2D eigenvalue weighted by molar-refractivity contribution is 5.55. The molecule has 0 nitrogen and oxygen atoms in total. The Bertz CT molecular complexity index is 706. The summed E-state index contributed by atoms with van der Waals surface area (Å²) in [6.07, 6.45) is 7.61. The maximum Gasteiger partial charge on any atom is -0.0102 e. The van der Waals surface area contributed by atoms with Crippen molar-refractivity contribution in [3.63, 3.8) is 0 Å². The van der Waals surface area contributed by atoms with Crippen LogP contribution in [0.4, 0.5) is 0 Å². The maximum absolute atomic E-state index is 2.92. The van der Waals surface area contributed by atoms with Crippen molar-refractivity contribution in [3.05, 3.63) is 82.9 Å². The number of hydrogen-bond donors (Lipinski definition) is 0. The van der Waals surface area contributed by atoms with Gasteiger partial charge in [-0.05, 0) is 61.1 Å². The van der Waals surface area contributed by atoms with Gasteiger partial charge in [0.1, 0.15) is 0 Å². The first kappa shape index (κ1) is 15.4. The summed E-state index contributed by atoms with van der Waals surface area (Å²) >= 11 is 0. The molecule has 0 bridgehead atoms. The Labute approximate surface area is 133 Å². The Hall–Kier alpha value is -2.96. The van der Waals surface area contributed by atoms with Crippen molar-refractivity contribution < 1.29 is 0 Å². The van der Waals surface area contributed by atoms with Crippen LogP contribution >= 0.6 is 0 Å². The van der Waals surface area contributed by atoms with Gasteiger partial charge in [0, 0.05) is 0 Å².